The molecule has 192 valence electrons. The van der Waals surface area contributed by atoms with E-state index in [0.29, 0.717) is 13.0 Å². The molecule has 2 unspecified atom stereocenters. The Morgan fingerprint density at radius 3 is 2.46 bits per heavy atom. The first-order chi connectivity index (χ1) is 16.4. The highest BCUT2D eigenvalue weighted by atomic mass is 16.6. The number of nitrogens with zero attached hydrogens (tertiary/aromatic N) is 2. The number of nitriles is 1. The van der Waals surface area contributed by atoms with Crippen molar-refractivity contribution in [3.63, 3.8) is 0 Å². The van der Waals surface area contributed by atoms with Gasteiger partial charge in [-0.2, -0.15) is 5.26 Å². The number of unbranched alkanes of at least 4 members (excludes halogenated alkanes) is 2. The van der Waals surface area contributed by atoms with E-state index in [9.17, 15) is 29.5 Å². The van der Waals surface area contributed by atoms with E-state index in [-0.39, 0.29) is 11.3 Å². The third-order valence-corrected chi connectivity index (χ3v) is 4.74. The first-order valence-electron chi connectivity index (χ1n) is 11.4. The fraction of sp³-hybridized carbons (Fsp3) is 0.542. The number of carbonyl (C=O) groups is 4. The van der Waals surface area contributed by atoms with Crippen molar-refractivity contribution < 1.29 is 29.0 Å². The first-order valence-corrected chi connectivity index (χ1v) is 11.4. The maximum absolute atomic E-state index is 13.5. The minimum absolute atomic E-state index is 0.142. The summed E-state index contributed by atoms with van der Waals surface area (Å²) in [7, 11) is 0. The van der Waals surface area contributed by atoms with Crippen LogP contribution >= 0.6 is 0 Å². The van der Waals surface area contributed by atoms with Gasteiger partial charge in [-0.25, -0.2) is 4.79 Å². The minimum Gasteiger partial charge on any atom is -0.508 e. The lowest BCUT2D eigenvalue weighted by molar-refractivity contribution is -0.142. The maximum Gasteiger partial charge on any atom is 0.408 e. The molecule has 0 aliphatic heterocycles. The number of nitrogens with two attached hydrogens (primary N) is 1. The number of benzene rings is 1. The molecular weight excluding hydrogens is 454 g/mol. The van der Waals surface area contributed by atoms with Gasteiger partial charge >= 0.3 is 6.09 Å². The van der Waals surface area contributed by atoms with E-state index in [0.717, 1.165) is 17.7 Å². The Labute approximate surface area is 205 Å². The second-order valence-corrected chi connectivity index (χ2v) is 8.99. The number of nitrogens with one attached hydrogen (secondary N) is 2. The molecule has 2 atom stereocenters. The second kappa shape index (κ2) is 13.8. The number of aromatic hydroxyl groups is 1. The third-order valence-electron chi connectivity index (χ3n) is 4.74. The van der Waals surface area contributed by atoms with Crippen molar-refractivity contribution in [2.75, 3.05) is 13.1 Å². The summed E-state index contributed by atoms with van der Waals surface area (Å²) >= 11 is 0. The van der Waals surface area contributed by atoms with Crippen LogP contribution in [0.4, 0.5) is 4.79 Å². The van der Waals surface area contributed by atoms with Gasteiger partial charge < -0.3 is 31.1 Å². The van der Waals surface area contributed by atoms with Crippen molar-refractivity contribution in [2.45, 2.75) is 71.1 Å². The fourth-order valence-electron chi connectivity index (χ4n) is 3.27. The molecule has 0 aliphatic rings. The van der Waals surface area contributed by atoms with Crippen molar-refractivity contribution in [2.24, 2.45) is 5.73 Å². The maximum atomic E-state index is 13.5. The summed E-state index contributed by atoms with van der Waals surface area (Å²) in [6.45, 7) is 6.70. The second-order valence-electron chi connectivity index (χ2n) is 8.99. The molecule has 1 aromatic carbocycles. The number of rotatable bonds is 12. The highest BCUT2D eigenvalue weighted by molar-refractivity contribution is 5.94. The van der Waals surface area contributed by atoms with Gasteiger partial charge in [0, 0.05) is 6.54 Å². The zero-order chi connectivity index (χ0) is 26.6. The molecule has 0 aliphatic carbocycles. The Balaban J connectivity index is 3.37. The zero-order valence-electron chi connectivity index (χ0n) is 20.7. The molecule has 11 heteroatoms. The lowest BCUT2D eigenvalue weighted by Gasteiger charge is -2.32. The van der Waals surface area contributed by atoms with Gasteiger partial charge in [-0.1, -0.05) is 31.9 Å². The van der Waals surface area contributed by atoms with Crippen LogP contribution in [0, 0.1) is 11.3 Å². The van der Waals surface area contributed by atoms with Gasteiger partial charge in [0.15, 0.2) is 0 Å². The summed E-state index contributed by atoms with van der Waals surface area (Å²) in [5, 5.41) is 24.5. The van der Waals surface area contributed by atoms with E-state index in [4.69, 9.17) is 10.5 Å². The number of phenols is 1. The van der Waals surface area contributed by atoms with E-state index < -0.39 is 54.5 Å². The van der Waals surface area contributed by atoms with Crippen LogP contribution in [0.5, 0.6) is 5.75 Å². The van der Waals surface area contributed by atoms with Crippen LogP contribution in [-0.2, 0) is 19.1 Å². The van der Waals surface area contributed by atoms with E-state index in [1.165, 1.54) is 24.3 Å². The Hall–Kier alpha value is -3.81. The molecule has 5 N–H and O–H groups in total. The van der Waals surface area contributed by atoms with Crippen LogP contribution in [0.2, 0.25) is 0 Å². The summed E-state index contributed by atoms with van der Waals surface area (Å²) in [5.41, 5.74) is 4.66. The smallest absolute Gasteiger partial charge is 0.408 e. The number of primary amides is 1. The first kappa shape index (κ1) is 29.2. The monoisotopic (exact) mass is 489 g/mol. The van der Waals surface area contributed by atoms with Crippen LogP contribution in [0.1, 0.15) is 65.0 Å². The van der Waals surface area contributed by atoms with E-state index in [1.807, 2.05) is 13.0 Å². The predicted octanol–water partition coefficient (Wildman–Crippen LogP) is 1.86. The Morgan fingerprint density at radius 2 is 1.91 bits per heavy atom. The van der Waals surface area contributed by atoms with Crippen molar-refractivity contribution in [1.82, 2.24) is 15.5 Å². The summed E-state index contributed by atoms with van der Waals surface area (Å²) < 4.78 is 5.17. The van der Waals surface area contributed by atoms with Gasteiger partial charge in [-0.05, 0) is 44.9 Å². The summed E-state index contributed by atoms with van der Waals surface area (Å²) in [4.78, 5) is 51.6. The quantitative estimate of drug-likeness (QED) is 0.256. The molecule has 0 saturated carbocycles. The third kappa shape index (κ3) is 10.3. The number of ether oxygens (including phenoxy) is 1. The van der Waals surface area contributed by atoms with Crippen LogP contribution in [0.25, 0.3) is 0 Å². The Morgan fingerprint density at radius 1 is 1.23 bits per heavy atom. The number of amides is 4. The van der Waals surface area contributed by atoms with Crippen molar-refractivity contribution >= 4 is 23.8 Å². The molecule has 0 aromatic heterocycles. The molecule has 1 rings (SSSR count). The van der Waals surface area contributed by atoms with Crippen LogP contribution < -0.4 is 16.4 Å². The molecule has 0 heterocycles. The van der Waals surface area contributed by atoms with Gasteiger partial charge in [0.05, 0.1) is 12.5 Å². The number of alkyl carbamates (subject to hydrolysis) is 1. The average molecular weight is 490 g/mol. The van der Waals surface area contributed by atoms with Gasteiger partial charge in [-0.15, -0.1) is 0 Å². The molecule has 1 aromatic rings. The zero-order valence-corrected chi connectivity index (χ0v) is 20.7. The average Bonchev–Trinajstić information content (AvgIpc) is 2.74. The highest BCUT2D eigenvalue weighted by Gasteiger charge is 2.37. The molecule has 0 radical (unpaired) electrons. The van der Waals surface area contributed by atoms with E-state index >= 15 is 0 Å². The topological polar surface area (TPSA) is 175 Å². The number of hydrogen-bond donors (Lipinski definition) is 4. The van der Waals surface area contributed by atoms with E-state index in [1.54, 1.807) is 20.8 Å². The number of carbonyl (C=O) groups excluding carboxylic acids is 4. The molecule has 0 spiro atoms. The molecular formula is C24H35N5O6. The molecule has 35 heavy (non-hydrogen) atoms. The summed E-state index contributed by atoms with van der Waals surface area (Å²) in [5.74, 6) is -2.48. The molecule has 0 saturated heterocycles. The SMILES string of the molecule is CCCCCNC(=O)C(c1cccc(O)c1)N(CC#N)C(=O)C(CC(N)=O)NC(=O)OC(C)(C)C. The van der Waals surface area contributed by atoms with Crippen LogP contribution in [0.3, 0.4) is 0 Å². The van der Waals surface area contributed by atoms with Gasteiger partial charge in [0.1, 0.15) is 30.0 Å². The van der Waals surface area contributed by atoms with E-state index in [2.05, 4.69) is 10.6 Å². The predicted molar refractivity (Wildman–Crippen MR) is 128 cm³/mol. The molecule has 11 nitrogen and oxygen atoms in total. The highest BCUT2D eigenvalue weighted by Crippen LogP contribution is 2.25. The fourth-order valence-corrected chi connectivity index (χ4v) is 3.27. The van der Waals surface area contributed by atoms with Gasteiger partial charge in [0.25, 0.3) is 0 Å². The standard InChI is InChI=1S/C24H35N5O6/c1-5-6-7-12-27-21(32)20(16-9-8-10-17(30)14-16)29(13-11-25)22(33)18(15-19(26)31)28-23(34)35-24(2,3)4/h8-10,14,18,20,30H,5-7,12-13,15H2,1-4H3,(H2,26,31)(H,27,32)(H,28,34). The van der Waals surface area contributed by atoms with Crippen LogP contribution in [-0.4, -0.2) is 58.6 Å². The minimum atomic E-state index is -1.48. The van der Waals surface area contributed by atoms with Gasteiger partial charge in [-0.3, -0.25) is 14.4 Å². The molecule has 0 fully saturated rings. The lowest BCUT2D eigenvalue weighted by atomic mass is 10.0. The Bertz CT molecular complexity index is 937. The van der Waals surface area contributed by atoms with Crippen LogP contribution in [0.15, 0.2) is 24.3 Å². The lowest BCUT2D eigenvalue weighted by Crippen LogP contribution is -2.54. The van der Waals surface area contributed by atoms with Crippen molar-refractivity contribution in [3.8, 4) is 11.8 Å². The normalized spacial score (nSPS) is 12.5. The summed E-state index contributed by atoms with van der Waals surface area (Å²) in [6.07, 6.45) is 0.998. The molecule has 4 amide bonds. The summed E-state index contributed by atoms with van der Waals surface area (Å²) in [6, 6.07) is 4.78. The largest absolute Gasteiger partial charge is 0.508 e. The van der Waals surface area contributed by atoms with Crippen molar-refractivity contribution in [1.29, 1.82) is 5.26 Å². The Kier molecular flexibility index (Phi) is 11.5. The van der Waals surface area contributed by atoms with Gasteiger partial charge in [0.2, 0.25) is 17.7 Å². The van der Waals surface area contributed by atoms with Crippen molar-refractivity contribution in [3.05, 3.63) is 29.8 Å². The number of phenolic OH excluding ortho intramolecular Hbond substituents is 1. The molecule has 0 bridgehead atoms. The number of hydrogen-bond acceptors (Lipinski definition) is 7.